The quantitative estimate of drug-likeness (QED) is 0.488. The average Bonchev–Trinajstić information content (AvgIpc) is 2.75. The summed E-state index contributed by atoms with van der Waals surface area (Å²) in [5.74, 6) is 0.0642. The number of carbonyl (C=O) groups is 3. The molecule has 1 N–H and O–H groups in total. The summed E-state index contributed by atoms with van der Waals surface area (Å²) in [4.78, 5) is 33.3. The lowest BCUT2D eigenvalue weighted by Gasteiger charge is -2.18. The molecule has 0 aromatic heterocycles. The Bertz CT molecular complexity index is 724. The van der Waals surface area contributed by atoms with Crippen LogP contribution in [0.3, 0.4) is 0 Å². The maximum absolute atomic E-state index is 11.1. The van der Waals surface area contributed by atoms with Crippen LogP contribution < -0.4 is 14.8 Å². The molecule has 0 heterocycles. The number of carbonyl (C=O) groups excluding carboxylic acids is 3. The summed E-state index contributed by atoms with van der Waals surface area (Å²) >= 11 is 0. The summed E-state index contributed by atoms with van der Waals surface area (Å²) in [5, 5.41) is 2.76. The topological polar surface area (TPSA) is 100 Å². The minimum atomic E-state index is -0.473. The molecule has 0 atom stereocenters. The fourth-order valence-corrected chi connectivity index (χ4v) is 2.37. The zero-order valence-electron chi connectivity index (χ0n) is 15.5. The minimum absolute atomic E-state index is 0.182. The van der Waals surface area contributed by atoms with E-state index in [0.29, 0.717) is 17.9 Å². The van der Waals surface area contributed by atoms with E-state index in [-0.39, 0.29) is 19.3 Å². The van der Waals surface area contributed by atoms with Crippen molar-refractivity contribution in [1.29, 1.82) is 0 Å². The van der Waals surface area contributed by atoms with Crippen molar-refractivity contribution in [3.63, 3.8) is 0 Å². The molecule has 8 nitrogen and oxygen atoms in total. The minimum Gasteiger partial charge on any atom is -0.482 e. The van der Waals surface area contributed by atoms with E-state index in [1.165, 1.54) is 14.2 Å². The van der Waals surface area contributed by atoms with Crippen molar-refractivity contribution in [3.8, 4) is 11.5 Å². The van der Waals surface area contributed by atoms with Crippen LogP contribution in [0.2, 0.25) is 0 Å². The Morgan fingerprint density at radius 2 is 1.21 bits per heavy atom. The third kappa shape index (κ3) is 6.01. The highest BCUT2D eigenvalue weighted by molar-refractivity contribution is 5.71. The molecule has 0 fully saturated rings. The van der Waals surface area contributed by atoms with Crippen LogP contribution in [0.15, 0.2) is 48.5 Å². The molecular formula is C20H21NO7. The van der Waals surface area contributed by atoms with Gasteiger partial charge in [-0.05, 0) is 35.4 Å². The molecule has 0 saturated carbocycles. The van der Waals surface area contributed by atoms with E-state index in [9.17, 15) is 14.4 Å². The monoisotopic (exact) mass is 387 g/mol. The molecule has 0 bridgehead atoms. The van der Waals surface area contributed by atoms with Crippen molar-refractivity contribution in [2.75, 3.05) is 27.4 Å². The van der Waals surface area contributed by atoms with E-state index in [4.69, 9.17) is 9.47 Å². The van der Waals surface area contributed by atoms with E-state index in [2.05, 4.69) is 14.8 Å². The van der Waals surface area contributed by atoms with Gasteiger partial charge in [0.2, 0.25) is 6.41 Å². The van der Waals surface area contributed by atoms with Crippen molar-refractivity contribution < 1.29 is 33.3 Å². The number of nitrogens with one attached hydrogen (secondary N) is 1. The van der Waals surface area contributed by atoms with Gasteiger partial charge >= 0.3 is 11.9 Å². The average molecular weight is 387 g/mol. The maximum atomic E-state index is 11.1. The number of hydrogen-bond acceptors (Lipinski definition) is 7. The first-order valence-electron chi connectivity index (χ1n) is 8.36. The largest absolute Gasteiger partial charge is 0.482 e. The number of rotatable bonds is 10. The smallest absolute Gasteiger partial charge is 0.343 e. The number of amides is 1. The molecule has 0 aliphatic heterocycles. The zero-order chi connectivity index (χ0) is 20.4. The number of methoxy groups -OCH3 is 2. The van der Waals surface area contributed by atoms with Crippen molar-refractivity contribution >= 4 is 18.3 Å². The molecule has 0 saturated heterocycles. The molecular weight excluding hydrogens is 366 g/mol. The van der Waals surface area contributed by atoms with Gasteiger partial charge in [0, 0.05) is 0 Å². The molecule has 8 heteroatoms. The molecule has 0 radical (unpaired) electrons. The Balaban J connectivity index is 2.08. The first-order chi connectivity index (χ1) is 13.6. The molecule has 2 rings (SSSR count). The van der Waals surface area contributed by atoms with Gasteiger partial charge in [0.05, 0.1) is 20.3 Å². The van der Waals surface area contributed by atoms with Gasteiger partial charge in [0.25, 0.3) is 0 Å². The molecule has 0 unspecified atom stereocenters. The Labute approximate surface area is 162 Å². The summed E-state index contributed by atoms with van der Waals surface area (Å²) in [6.07, 6.45) is 0.619. The van der Waals surface area contributed by atoms with Crippen LogP contribution >= 0.6 is 0 Å². The fraction of sp³-hybridized carbons (Fsp3) is 0.250. The normalized spacial score (nSPS) is 10.1. The number of esters is 2. The number of benzene rings is 2. The second kappa shape index (κ2) is 10.6. The summed E-state index contributed by atoms with van der Waals surface area (Å²) in [6.45, 7) is -0.363. The number of ether oxygens (including phenoxy) is 4. The predicted octanol–water partition coefficient (Wildman–Crippen LogP) is 1.63. The molecule has 2 aromatic carbocycles. The lowest BCUT2D eigenvalue weighted by Crippen LogP contribution is -2.20. The van der Waals surface area contributed by atoms with Crippen molar-refractivity contribution in [2.24, 2.45) is 0 Å². The fourth-order valence-electron chi connectivity index (χ4n) is 2.37. The van der Waals surface area contributed by atoms with E-state index in [1.807, 2.05) is 0 Å². The van der Waals surface area contributed by atoms with E-state index in [1.54, 1.807) is 48.5 Å². The van der Waals surface area contributed by atoms with Crippen LogP contribution in [0, 0.1) is 0 Å². The van der Waals surface area contributed by atoms with E-state index < -0.39 is 11.9 Å². The lowest BCUT2D eigenvalue weighted by atomic mass is 9.98. The van der Waals surface area contributed by atoms with E-state index >= 15 is 0 Å². The highest BCUT2D eigenvalue weighted by atomic mass is 16.6. The first-order valence-corrected chi connectivity index (χ1v) is 8.36. The molecule has 0 spiro atoms. The molecule has 0 aliphatic rings. The van der Waals surface area contributed by atoms with Gasteiger partial charge in [-0.25, -0.2) is 9.59 Å². The molecule has 28 heavy (non-hydrogen) atoms. The Morgan fingerprint density at radius 3 is 1.54 bits per heavy atom. The summed E-state index contributed by atoms with van der Waals surface area (Å²) in [6, 6.07) is 13.6. The van der Waals surface area contributed by atoms with Crippen molar-refractivity contribution in [2.45, 2.75) is 6.04 Å². The van der Waals surface area contributed by atoms with Crippen LogP contribution in [-0.2, 0) is 23.9 Å². The van der Waals surface area contributed by atoms with Crippen LogP contribution in [0.5, 0.6) is 11.5 Å². The van der Waals surface area contributed by atoms with Gasteiger partial charge in [-0.15, -0.1) is 0 Å². The first kappa shape index (κ1) is 20.8. The molecule has 1 amide bonds. The van der Waals surface area contributed by atoms with Crippen molar-refractivity contribution in [1.82, 2.24) is 5.32 Å². The van der Waals surface area contributed by atoms with Crippen LogP contribution in [0.4, 0.5) is 0 Å². The lowest BCUT2D eigenvalue weighted by molar-refractivity contribution is -0.143. The SMILES string of the molecule is COC(=O)COc1ccc(C(NC=O)c2ccc(OCC(=O)OC)cc2)cc1. The van der Waals surface area contributed by atoms with Gasteiger partial charge in [-0.2, -0.15) is 0 Å². The van der Waals surface area contributed by atoms with Gasteiger partial charge in [0.1, 0.15) is 11.5 Å². The van der Waals surface area contributed by atoms with Gasteiger partial charge in [-0.1, -0.05) is 24.3 Å². The number of hydrogen-bond donors (Lipinski definition) is 1. The van der Waals surface area contributed by atoms with Crippen LogP contribution in [0.1, 0.15) is 17.2 Å². The summed E-state index contributed by atoms with van der Waals surface area (Å²) in [7, 11) is 2.58. The Morgan fingerprint density at radius 1 is 0.821 bits per heavy atom. The predicted molar refractivity (Wildman–Crippen MR) is 98.9 cm³/mol. The van der Waals surface area contributed by atoms with Gasteiger partial charge < -0.3 is 24.3 Å². The van der Waals surface area contributed by atoms with Gasteiger partial charge in [0.15, 0.2) is 13.2 Å². The molecule has 2 aromatic rings. The third-order valence-electron chi connectivity index (χ3n) is 3.83. The maximum Gasteiger partial charge on any atom is 0.343 e. The molecule has 148 valence electrons. The second-order valence-electron chi connectivity index (χ2n) is 5.59. The third-order valence-corrected chi connectivity index (χ3v) is 3.83. The van der Waals surface area contributed by atoms with Gasteiger partial charge in [-0.3, -0.25) is 4.79 Å². The van der Waals surface area contributed by atoms with Crippen LogP contribution in [0.25, 0.3) is 0 Å². The highest BCUT2D eigenvalue weighted by Crippen LogP contribution is 2.25. The van der Waals surface area contributed by atoms with Crippen LogP contribution in [-0.4, -0.2) is 45.8 Å². The summed E-state index contributed by atoms with van der Waals surface area (Å²) in [5.41, 5.74) is 1.64. The Hall–Kier alpha value is -3.55. The molecule has 0 aliphatic carbocycles. The second-order valence-corrected chi connectivity index (χ2v) is 5.59. The standard InChI is InChI=1S/C20H21NO7/c1-25-18(23)11-27-16-7-3-14(4-8-16)20(21-13-22)15-5-9-17(10-6-15)28-12-19(24)26-2/h3-10,13,20H,11-12H2,1-2H3,(H,21,22). The highest BCUT2D eigenvalue weighted by Gasteiger charge is 2.14. The zero-order valence-corrected chi connectivity index (χ0v) is 15.5. The summed E-state index contributed by atoms with van der Waals surface area (Å²) < 4.78 is 19.7. The van der Waals surface area contributed by atoms with E-state index in [0.717, 1.165) is 11.1 Å². The van der Waals surface area contributed by atoms with Crippen molar-refractivity contribution in [3.05, 3.63) is 59.7 Å². The Kier molecular flexibility index (Phi) is 7.83.